The van der Waals surface area contributed by atoms with Gasteiger partial charge in [0.05, 0.1) is 7.11 Å². The molecule has 138 valence electrons. The van der Waals surface area contributed by atoms with Crippen LogP contribution in [0.3, 0.4) is 0 Å². The first-order chi connectivity index (χ1) is 12.1. The summed E-state index contributed by atoms with van der Waals surface area (Å²) in [6, 6.07) is 7.88. The number of benzene rings is 1. The Morgan fingerprint density at radius 1 is 1.12 bits per heavy atom. The van der Waals surface area contributed by atoms with Gasteiger partial charge in [0.1, 0.15) is 5.75 Å². The molecule has 0 aliphatic carbocycles. The zero-order valence-electron chi connectivity index (χ0n) is 15.5. The lowest BCUT2D eigenvalue weighted by atomic mass is 10.1. The number of methoxy groups -OCH3 is 1. The third kappa shape index (κ3) is 6.40. The van der Waals surface area contributed by atoms with Crippen molar-refractivity contribution in [3.8, 4) is 5.75 Å². The maximum absolute atomic E-state index is 12.4. The smallest absolute Gasteiger partial charge is 0.224 e. The molecule has 1 saturated heterocycles. The summed E-state index contributed by atoms with van der Waals surface area (Å²) < 4.78 is 5.23. The quantitative estimate of drug-likeness (QED) is 0.763. The number of amides is 2. The van der Waals surface area contributed by atoms with E-state index in [9.17, 15) is 9.59 Å². The average molecular weight is 346 g/mol. The summed E-state index contributed by atoms with van der Waals surface area (Å²) in [5.41, 5.74) is 1.13. The van der Waals surface area contributed by atoms with Gasteiger partial charge in [0.25, 0.3) is 0 Å². The van der Waals surface area contributed by atoms with Crippen LogP contribution in [0.4, 0.5) is 0 Å². The van der Waals surface area contributed by atoms with Crippen molar-refractivity contribution in [3.05, 3.63) is 29.8 Å². The summed E-state index contributed by atoms with van der Waals surface area (Å²) in [6.45, 7) is 4.41. The van der Waals surface area contributed by atoms with E-state index in [1.807, 2.05) is 29.2 Å². The van der Waals surface area contributed by atoms with Crippen molar-refractivity contribution in [2.75, 3.05) is 33.3 Å². The van der Waals surface area contributed by atoms with Gasteiger partial charge in [-0.25, -0.2) is 0 Å². The molecule has 0 aromatic heterocycles. The monoisotopic (exact) mass is 346 g/mol. The molecule has 1 aliphatic heterocycles. The van der Waals surface area contributed by atoms with Crippen LogP contribution < -0.4 is 4.74 Å². The fourth-order valence-electron chi connectivity index (χ4n) is 3.23. The van der Waals surface area contributed by atoms with Gasteiger partial charge in [-0.15, -0.1) is 0 Å². The molecule has 5 heteroatoms. The predicted molar refractivity (Wildman–Crippen MR) is 98.6 cm³/mol. The second kappa shape index (κ2) is 10.1. The van der Waals surface area contributed by atoms with Gasteiger partial charge < -0.3 is 14.5 Å². The third-order valence-corrected chi connectivity index (χ3v) is 4.80. The molecule has 0 N–H and O–H groups in total. The fourth-order valence-corrected chi connectivity index (χ4v) is 3.23. The fraction of sp³-hybridized carbons (Fsp3) is 0.600. The predicted octanol–water partition coefficient (Wildman–Crippen LogP) is 2.88. The van der Waals surface area contributed by atoms with Crippen molar-refractivity contribution >= 4 is 11.8 Å². The molecule has 5 nitrogen and oxygen atoms in total. The van der Waals surface area contributed by atoms with Gasteiger partial charge in [-0.1, -0.05) is 25.0 Å². The minimum absolute atomic E-state index is 0.0200. The minimum Gasteiger partial charge on any atom is -0.497 e. The highest BCUT2D eigenvalue weighted by Crippen LogP contribution is 2.14. The lowest BCUT2D eigenvalue weighted by molar-refractivity contribution is -0.133. The number of nitrogens with zero attached hydrogens (tertiary/aromatic N) is 2. The number of hydrogen-bond acceptors (Lipinski definition) is 3. The summed E-state index contributed by atoms with van der Waals surface area (Å²) in [5, 5.41) is 0. The molecular weight excluding hydrogens is 316 g/mol. The maximum Gasteiger partial charge on any atom is 0.224 e. The number of hydrogen-bond donors (Lipinski definition) is 0. The molecule has 0 spiro atoms. The van der Waals surface area contributed by atoms with E-state index in [0.717, 1.165) is 43.7 Å². The van der Waals surface area contributed by atoms with Gasteiger partial charge in [-0.05, 0) is 37.0 Å². The maximum atomic E-state index is 12.4. The van der Waals surface area contributed by atoms with Crippen LogP contribution >= 0.6 is 0 Å². The highest BCUT2D eigenvalue weighted by molar-refractivity contribution is 5.78. The Morgan fingerprint density at radius 2 is 1.84 bits per heavy atom. The number of carbonyl (C=O) groups is 2. The van der Waals surface area contributed by atoms with Gasteiger partial charge in [0.2, 0.25) is 11.8 Å². The number of rotatable bonds is 7. The summed E-state index contributed by atoms with van der Waals surface area (Å²) in [6.07, 6.45) is 5.79. The van der Waals surface area contributed by atoms with Gasteiger partial charge in [0.15, 0.2) is 0 Å². The second-order valence-corrected chi connectivity index (χ2v) is 6.65. The number of carbonyl (C=O) groups excluding carboxylic acids is 2. The Balaban J connectivity index is 1.83. The van der Waals surface area contributed by atoms with Crippen molar-refractivity contribution in [2.24, 2.45) is 0 Å². The molecule has 1 aromatic rings. The number of ether oxygens (including phenoxy) is 1. The topological polar surface area (TPSA) is 49.9 Å². The molecule has 2 rings (SSSR count). The van der Waals surface area contributed by atoms with Crippen LogP contribution in [0.15, 0.2) is 24.3 Å². The lowest BCUT2D eigenvalue weighted by Crippen LogP contribution is -2.37. The summed E-state index contributed by atoms with van der Waals surface area (Å²) in [7, 11) is 1.65. The van der Waals surface area contributed by atoms with E-state index in [2.05, 4.69) is 0 Å². The molecule has 1 aromatic carbocycles. The molecule has 25 heavy (non-hydrogen) atoms. The van der Waals surface area contributed by atoms with Crippen LogP contribution in [0, 0.1) is 0 Å². The summed E-state index contributed by atoms with van der Waals surface area (Å²) in [4.78, 5) is 28.1. The van der Waals surface area contributed by atoms with E-state index in [-0.39, 0.29) is 11.8 Å². The van der Waals surface area contributed by atoms with Crippen LogP contribution in [0.1, 0.15) is 44.6 Å². The Morgan fingerprint density at radius 3 is 2.48 bits per heavy atom. The van der Waals surface area contributed by atoms with Crippen molar-refractivity contribution in [2.45, 2.75) is 45.4 Å². The van der Waals surface area contributed by atoms with Gasteiger partial charge in [-0.2, -0.15) is 0 Å². The largest absolute Gasteiger partial charge is 0.497 e. The van der Waals surface area contributed by atoms with E-state index < -0.39 is 0 Å². The molecule has 2 amide bonds. The zero-order chi connectivity index (χ0) is 18.1. The van der Waals surface area contributed by atoms with Crippen molar-refractivity contribution in [1.29, 1.82) is 0 Å². The summed E-state index contributed by atoms with van der Waals surface area (Å²) >= 11 is 0. The van der Waals surface area contributed by atoms with Crippen LogP contribution in [0.5, 0.6) is 5.75 Å². The molecule has 0 unspecified atom stereocenters. The van der Waals surface area contributed by atoms with E-state index in [1.54, 1.807) is 18.9 Å². The molecule has 0 bridgehead atoms. The molecule has 0 radical (unpaired) electrons. The first kappa shape index (κ1) is 19.3. The first-order valence-corrected chi connectivity index (χ1v) is 9.26. The molecular formula is C20H30N2O3. The molecule has 1 heterocycles. The van der Waals surface area contributed by atoms with E-state index >= 15 is 0 Å². The standard InChI is InChI=1S/C20H30N2O3/c1-17(23)21(14-10-18-8-7-9-19(16-18)25-2)15-11-20(24)22-12-5-3-4-6-13-22/h7-9,16H,3-6,10-15H2,1-2H3. The average Bonchev–Trinajstić information content (AvgIpc) is 2.90. The van der Waals surface area contributed by atoms with E-state index in [0.29, 0.717) is 19.5 Å². The molecule has 0 saturated carbocycles. The first-order valence-electron chi connectivity index (χ1n) is 9.26. The van der Waals surface area contributed by atoms with Crippen molar-refractivity contribution in [1.82, 2.24) is 9.80 Å². The Labute approximate surface area is 150 Å². The van der Waals surface area contributed by atoms with Crippen LogP contribution in [-0.4, -0.2) is 54.9 Å². The normalized spacial score (nSPS) is 14.7. The zero-order valence-corrected chi connectivity index (χ0v) is 15.5. The van der Waals surface area contributed by atoms with Crippen molar-refractivity contribution in [3.63, 3.8) is 0 Å². The van der Waals surface area contributed by atoms with Crippen LogP contribution in [0.2, 0.25) is 0 Å². The highest BCUT2D eigenvalue weighted by atomic mass is 16.5. The molecule has 1 fully saturated rings. The van der Waals surface area contributed by atoms with Crippen LogP contribution in [-0.2, 0) is 16.0 Å². The van der Waals surface area contributed by atoms with Gasteiger partial charge >= 0.3 is 0 Å². The van der Waals surface area contributed by atoms with E-state index in [1.165, 1.54) is 12.8 Å². The van der Waals surface area contributed by atoms with Gasteiger partial charge in [0, 0.05) is 39.5 Å². The Bertz CT molecular complexity index is 566. The third-order valence-electron chi connectivity index (χ3n) is 4.80. The highest BCUT2D eigenvalue weighted by Gasteiger charge is 2.17. The summed E-state index contributed by atoms with van der Waals surface area (Å²) in [5.74, 6) is 1.02. The Kier molecular flexibility index (Phi) is 7.76. The van der Waals surface area contributed by atoms with Gasteiger partial charge in [-0.3, -0.25) is 9.59 Å². The lowest BCUT2D eigenvalue weighted by Gasteiger charge is -2.24. The molecule has 0 atom stereocenters. The van der Waals surface area contributed by atoms with Crippen molar-refractivity contribution < 1.29 is 14.3 Å². The van der Waals surface area contributed by atoms with Crippen LogP contribution in [0.25, 0.3) is 0 Å². The second-order valence-electron chi connectivity index (χ2n) is 6.65. The van der Waals surface area contributed by atoms with E-state index in [4.69, 9.17) is 4.74 Å². The Hall–Kier alpha value is -2.04. The molecule has 1 aliphatic rings. The number of likely N-dealkylation sites (tertiary alicyclic amines) is 1. The SMILES string of the molecule is COc1cccc(CCN(CCC(=O)N2CCCCCC2)C(C)=O)c1. The minimum atomic E-state index is 0.0200.